The van der Waals surface area contributed by atoms with Gasteiger partial charge in [0.05, 0.1) is 16.9 Å². The van der Waals surface area contributed by atoms with Gasteiger partial charge in [-0.05, 0) is 57.1 Å². The molecule has 3 rings (SSSR count). The third-order valence-corrected chi connectivity index (χ3v) is 4.47. The van der Waals surface area contributed by atoms with Crippen molar-refractivity contribution in [2.75, 3.05) is 20.1 Å². The number of hydrogen-bond donors (Lipinski definition) is 0. The van der Waals surface area contributed by atoms with Gasteiger partial charge in [-0.2, -0.15) is 0 Å². The van der Waals surface area contributed by atoms with Crippen molar-refractivity contribution in [3.05, 3.63) is 29.1 Å². The normalized spacial score (nSPS) is 20.5. The monoisotopic (exact) mass is 277 g/mol. The summed E-state index contributed by atoms with van der Waals surface area (Å²) in [4.78, 5) is 7.09. The van der Waals surface area contributed by atoms with E-state index >= 15 is 0 Å². The first-order valence-electron chi connectivity index (χ1n) is 6.82. The first-order chi connectivity index (χ1) is 9.10. The van der Waals surface area contributed by atoms with Gasteiger partial charge in [-0.1, -0.05) is 0 Å². The van der Waals surface area contributed by atoms with Gasteiger partial charge >= 0.3 is 0 Å². The Kier molecular flexibility index (Phi) is 3.27. The summed E-state index contributed by atoms with van der Waals surface area (Å²) < 4.78 is 2.36. The van der Waals surface area contributed by atoms with E-state index in [9.17, 15) is 0 Å². The molecule has 1 fully saturated rings. The molecule has 1 aliphatic heterocycles. The predicted molar refractivity (Wildman–Crippen MR) is 79.9 cm³/mol. The van der Waals surface area contributed by atoms with Gasteiger partial charge in [0.1, 0.15) is 5.82 Å². The van der Waals surface area contributed by atoms with E-state index in [1.807, 2.05) is 0 Å². The van der Waals surface area contributed by atoms with E-state index in [4.69, 9.17) is 16.6 Å². The second-order valence-electron chi connectivity index (χ2n) is 5.66. The minimum atomic E-state index is 0.479. The lowest BCUT2D eigenvalue weighted by atomic mass is 10.1. The summed E-state index contributed by atoms with van der Waals surface area (Å²) in [6.45, 7) is 6.53. The molecule has 0 radical (unpaired) electrons. The van der Waals surface area contributed by atoms with Crippen LogP contribution in [-0.4, -0.2) is 34.6 Å². The number of imidazole rings is 1. The van der Waals surface area contributed by atoms with Gasteiger partial charge in [-0.15, -0.1) is 11.6 Å². The number of alkyl halides is 1. The zero-order chi connectivity index (χ0) is 13.6. The van der Waals surface area contributed by atoms with Crippen LogP contribution in [0.5, 0.6) is 0 Å². The Morgan fingerprint density at radius 1 is 1.32 bits per heavy atom. The quantitative estimate of drug-likeness (QED) is 0.786. The van der Waals surface area contributed by atoms with Crippen LogP contribution in [0, 0.1) is 13.8 Å². The second-order valence-corrected chi connectivity index (χ2v) is 5.93. The summed E-state index contributed by atoms with van der Waals surface area (Å²) in [6.07, 6.45) is 1.18. The van der Waals surface area contributed by atoms with Gasteiger partial charge in [-0.3, -0.25) is 0 Å². The number of aryl methyl sites for hydroxylation is 2. The summed E-state index contributed by atoms with van der Waals surface area (Å²) in [5.41, 5.74) is 4.93. The highest BCUT2D eigenvalue weighted by atomic mass is 35.5. The molecule has 0 bridgehead atoms. The van der Waals surface area contributed by atoms with Crippen LogP contribution in [0.4, 0.5) is 0 Å². The van der Waals surface area contributed by atoms with Crippen LogP contribution >= 0.6 is 11.6 Å². The summed E-state index contributed by atoms with van der Waals surface area (Å²) in [5, 5.41) is 0. The third-order valence-electron chi connectivity index (χ3n) is 4.23. The minimum absolute atomic E-state index is 0.479. The maximum absolute atomic E-state index is 6.10. The van der Waals surface area contributed by atoms with E-state index < -0.39 is 0 Å². The summed E-state index contributed by atoms with van der Waals surface area (Å²) >= 11 is 6.10. The molecule has 1 saturated heterocycles. The van der Waals surface area contributed by atoms with Crippen LogP contribution in [0.15, 0.2) is 12.1 Å². The Bertz CT molecular complexity index is 617. The number of hydrogen-bond acceptors (Lipinski definition) is 2. The van der Waals surface area contributed by atoms with Gasteiger partial charge in [0.25, 0.3) is 0 Å². The topological polar surface area (TPSA) is 21.1 Å². The van der Waals surface area contributed by atoms with Crippen molar-refractivity contribution < 1.29 is 0 Å². The number of likely N-dealkylation sites (N-methyl/N-ethyl adjacent to an activating group) is 1. The molecule has 1 aromatic heterocycles. The fraction of sp³-hybridized carbons (Fsp3) is 0.533. The van der Waals surface area contributed by atoms with Crippen molar-refractivity contribution in [3.8, 4) is 0 Å². The predicted octanol–water partition coefficient (Wildman–Crippen LogP) is 3.27. The smallest absolute Gasteiger partial charge is 0.125 e. The molecule has 1 atom stereocenters. The molecule has 4 heteroatoms. The van der Waals surface area contributed by atoms with Crippen molar-refractivity contribution in [2.45, 2.75) is 32.2 Å². The van der Waals surface area contributed by atoms with Crippen molar-refractivity contribution in [2.24, 2.45) is 0 Å². The highest BCUT2D eigenvalue weighted by molar-refractivity contribution is 6.16. The lowest BCUT2D eigenvalue weighted by Crippen LogP contribution is -2.17. The summed E-state index contributed by atoms with van der Waals surface area (Å²) in [7, 11) is 2.18. The molecule has 1 aromatic carbocycles. The third kappa shape index (κ3) is 2.15. The summed E-state index contributed by atoms with van der Waals surface area (Å²) in [6, 6.07) is 4.94. The van der Waals surface area contributed by atoms with E-state index in [2.05, 4.69) is 42.5 Å². The lowest BCUT2D eigenvalue weighted by Gasteiger charge is -2.16. The van der Waals surface area contributed by atoms with E-state index in [1.54, 1.807) is 0 Å². The molecule has 1 unspecified atom stereocenters. The maximum Gasteiger partial charge on any atom is 0.125 e. The highest BCUT2D eigenvalue weighted by Crippen LogP contribution is 2.29. The molecule has 3 nitrogen and oxygen atoms in total. The Labute approximate surface area is 119 Å². The van der Waals surface area contributed by atoms with E-state index in [1.165, 1.54) is 23.1 Å². The molecule has 0 aliphatic carbocycles. The maximum atomic E-state index is 6.10. The average molecular weight is 278 g/mol. The van der Waals surface area contributed by atoms with Crippen LogP contribution in [-0.2, 0) is 5.88 Å². The van der Waals surface area contributed by atoms with Crippen LogP contribution in [0.25, 0.3) is 11.0 Å². The van der Waals surface area contributed by atoms with Crippen LogP contribution < -0.4 is 0 Å². The zero-order valence-corrected chi connectivity index (χ0v) is 12.5. The lowest BCUT2D eigenvalue weighted by molar-refractivity contribution is 0.393. The molecular weight excluding hydrogens is 258 g/mol. The summed E-state index contributed by atoms with van der Waals surface area (Å²) in [5.74, 6) is 1.48. The molecule has 2 heterocycles. The van der Waals surface area contributed by atoms with E-state index in [-0.39, 0.29) is 0 Å². The van der Waals surface area contributed by atoms with Crippen LogP contribution in [0.2, 0.25) is 0 Å². The zero-order valence-electron chi connectivity index (χ0n) is 11.8. The molecule has 0 saturated carbocycles. The molecule has 102 valence electrons. The average Bonchev–Trinajstić information content (AvgIpc) is 2.93. The number of likely N-dealkylation sites (tertiary alicyclic amines) is 1. The standard InChI is InChI=1S/C15H20ClN3/c1-10-6-13-14(7-11(10)2)19(15(8-16)17-13)12-4-5-18(3)9-12/h6-7,12H,4-5,8-9H2,1-3H3. The molecule has 0 N–H and O–H groups in total. The fourth-order valence-corrected chi connectivity index (χ4v) is 3.21. The van der Waals surface area contributed by atoms with Crippen LogP contribution in [0.3, 0.4) is 0 Å². The van der Waals surface area contributed by atoms with Crippen molar-refractivity contribution in [3.63, 3.8) is 0 Å². The molecular formula is C15H20ClN3. The number of rotatable bonds is 2. The van der Waals surface area contributed by atoms with Gasteiger partial charge < -0.3 is 9.47 Å². The fourth-order valence-electron chi connectivity index (χ4n) is 3.02. The number of halogens is 1. The SMILES string of the molecule is Cc1cc2nc(CCl)n(C3CCN(C)C3)c2cc1C. The number of aromatic nitrogens is 2. The van der Waals surface area contributed by atoms with E-state index in [0.717, 1.165) is 24.4 Å². The first kappa shape index (κ1) is 12.9. The first-order valence-corrected chi connectivity index (χ1v) is 7.36. The van der Waals surface area contributed by atoms with Crippen molar-refractivity contribution >= 4 is 22.6 Å². The largest absolute Gasteiger partial charge is 0.322 e. The highest BCUT2D eigenvalue weighted by Gasteiger charge is 2.25. The molecule has 0 amide bonds. The Hall–Kier alpha value is -1.06. The van der Waals surface area contributed by atoms with Gasteiger partial charge in [0.15, 0.2) is 0 Å². The van der Waals surface area contributed by atoms with E-state index in [0.29, 0.717) is 11.9 Å². The Morgan fingerprint density at radius 3 is 2.68 bits per heavy atom. The number of benzene rings is 1. The molecule has 2 aromatic rings. The molecule has 1 aliphatic rings. The Morgan fingerprint density at radius 2 is 2.05 bits per heavy atom. The van der Waals surface area contributed by atoms with Gasteiger partial charge in [0.2, 0.25) is 0 Å². The number of fused-ring (bicyclic) bond motifs is 1. The molecule has 19 heavy (non-hydrogen) atoms. The van der Waals surface area contributed by atoms with Crippen molar-refractivity contribution in [1.29, 1.82) is 0 Å². The van der Waals surface area contributed by atoms with Gasteiger partial charge in [0, 0.05) is 12.6 Å². The number of nitrogens with zero attached hydrogens (tertiary/aromatic N) is 3. The molecule has 0 spiro atoms. The minimum Gasteiger partial charge on any atom is -0.322 e. The second kappa shape index (κ2) is 4.80. The Balaban J connectivity index is 2.18. The van der Waals surface area contributed by atoms with Gasteiger partial charge in [-0.25, -0.2) is 4.98 Å². The van der Waals surface area contributed by atoms with Crippen LogP contribution in [0.1, 0.15) is 29.4 Å². The van der Waals surface area contributed by atoms with Crippen molar-refractivity contribution in [1.82, 2.24) is 14.5 Å².